The highest BCUT2D eigenvalue weighted by Gasteiger charge is 2.29. The zero-order valence-electron chi connectivity index (χ0n) is 10.8. The molecule has 1 heterocycles. The smallest absolute Gasteiger partial charge is 0.191 e. The van der Waals surface area contributed by atoms with Gasteiger partial charge in [0.1, 0.15) is 11.6 Å². The lowest BCUT2D eigenvalue weighted by molar-refractivity contribution is 0.363. The van der Waals surface area contributed by atoms with Crippen LogP contribution in [-0.4, -0.2) is 21.3 Å². The van der Waals surface area contributed by atoms with E-state index in [0.29, 0.717) is 16.8 Å². The summed E-state index contributed by atoms with van der Waals surface area (Å²) in [7, 11) is 0. The molecular weight excluding hydrogens is 234 g/mol. The van der Waals surface area contributed by atoms with Crippen molar-refractivity contribution >= 4 is 23.4 Å². The molecule has 5 nitrogen and oxygen atoms in total. The third kappa shape index (κ3) is 4.05. The van der Waals surface area contributed by atoms with Gasteiger partial charge in [0.25, 0.3) is 0 Å². The summed E-state index contributed by atoms with van der Waals surface area (Å²) in [5, 5.41) is 0.781. The minimum absolute atomic E-state index is 0.0336. The van der Waals surface area contributed by atoms with E-state index in [-0.39, 0.29) is 16.7 Å². The highest BCUT2D eigenvalue weighted by atomic mass is 32.2. The minimum atomic E-state index is 0.0336. The summed E-state index contributed by atoms with van der Waals surface area (Å²) in [6.45, 7) is 8.41. The van der Waals surface area contributed by atoms with Crippen molar-refractivity contribution in [1.29, 1.82) is 0 Å². The quantitative estimate of drug-likeness (QED) is 0.558. The van der Waals surface area contributed by atoms with E-state index in [0.717, 1.165) is 0 Å². The van der Waals surface area contributed by atoms with E-state index in [9.17, 15) is 0 Å². The third-order valence-corrected chi connectivity index (χ3v) is 4.09. The van der Waals surface area contributed by atoms with Crippen molar-refractivity contribution in [2.24, 2.45) is 11.1 Å². The van der Waals surface area contributed by atoms with Crippen LogP contribution in [0.4, 0.5) is 11.6 Å². The molecule has 1 aromatic heterocycles. The molecule has 2 atom stereocenters. The van der Waals surface area contributed by atoms with Crippen molar-refractivity contribution in [1.82, 2.24) is 9.97 Å². The highest BCUT2D eigenvalue weighted by Crippen LogP contribution is 2.35. The summed E-state index contributed by atoms with van der Waals surface area (Å²) in [6.07, 6.45) is 0. The first-order chi connectivity index (χ1) is 7.70. The SMILES string of the molecule is CC(N)C(Sc1nc(N)cc(N)n1)C(C)(C)C. The average molecular weight is 255 g/mol. The molecule has 6 N–H and O–H groups in total. The van der Waals surface area contributed by atoms with Gasteiger partial charge >= 0.3 is 0 Å². The molecule has 0 spiro atoms. The molecule has 0 saturated heterocycles. The van der Waals surface area contributed by atoms with Gasteiger partial charge in [0.05, 0.1) is 0 Å². The van der Waals surface area contributed by atoms with Crippen molar-refractivity contribution in [2.75, 3.05) is 11.5 Å². The van der Waals surface area contributed by atoms with Crippen LogP contribution in [0.1, 0.15) is 27.7 Å². The Morgan fingerprint density at radius 3 is 2.00 bits per heavy atom. The van der Waals surface area contributed by atoms with Gasteiger partial charge in [0.2, 0.25) is 0 Å². The maximum Gasteiger partial charge on any atom is 0.191 e. The van der Waals surface area contributed by atoms with Crippen LogP contribution in [0.25, 0.3) is 0 Å². The molecule has 0 saturated carbocycles. The molecule has 0 aliphatic heterocycles. The molecule has 2 unspecified atom stereocenters. The third-order valence-electron chi connectivity index (χ3n) is 2.31. The Balaban J connectivity index is 2.94. The summed E-state index contributed by atoms with van der Waals surface area (Å²) in [4.78, 5) is 8.33. The maximum atomic E-state index is 6.01. The van der Waals surface area contributed by atoms with Crippen LogP contribution >= 0.6 is 11.8 Å². The van der Waals surface area contributed by atoms with E-state index < -0.39 is 0 Å². The van der Waals surface area contributed by atoms with E-state index in [1.165, 1.54) is 11.8 Å². The van der Waals surface area contributed by atoms with Crippen LogP contribution < -0.4 is 17.2 Å². The number of thioether (sulfide) groups is 1. The summed E-state index contributed by atoms with van der Waals surface area (Å²) in [5.74, 6) is 0.773. The zero-order chi connectivity index (χ0) is 13.2. The average Bonchev–Trinajstić information content (AvgIpc) is 2.10. The number of nitrogens with two attached hydrogens (primary N) is 3. The Morgan fingerprint density at radius 2 is 1.65 bits per heavy atom. The molecule has 0 aromatic carbocycles. The number of rotatable bonds is 3. The van der Waals surface area contributed by atoms with E-state index in [1.807, 2.05) is 6.92 Å². The fourth-order valence-corrected chi connectivity index (χ4v) is 2.81. The number of nitrogens with zero attached hydrogens (tertiary/aromatic N) is 2. The molecule has 1 rings (SSSR count). The molecule has 0 radical (unpaired) electrons. The van der Waals surface area contributed by atoms with E-state index in [1.54, 1.807) is 6.07 Å². The van der Waals surface area contributed by atoms with Gasteiger partial charge in [-0.25, -0.2) is 9.97 Å². The second kappa shape index (κ2) is 5.10. The van der Waals surface area contributed by atoms with Crippen molar-refractivity contribution in [3.8, 4) is 0 Å². The van der Waals surface area contributed by atoms with Crippen molar-refractivity contribution in [3.63, 3.8) is 0 Å². The standard InChI is InChI=1S/C11H21N5S/c1-6(12)9(11(2,3)4)17-10-15-7(13)5-8(14)16-10/h5-6,9H,12H2,1-4H3,(H4,13,14,15,16). The van der Waals surface area contributed by atoms with E-state index in [4.69, 9.17) is 17.2 Å². The Bertz CT molecular complexity index is 366. The molecule has 1 aromatic rings. The fourth-order valence-electron chi connectivity index (χ4n) is 1.70. The van der Waals surface area contributed by atoms with Crippen LogP contribution in [-0.2, 0) is 0 Å². The van der Waals surface area contributed by atoms with Crippen molar-refractivity contribution < 1.29 is 0 Å². The van der Waals surface area contributed by atoms with Gasteiger partial charge in [-0.1, -0.05) is 32.5 Å². The molecule has 0 aliphatic carbocycles. The lowest BCUT2D eigenvalue weighted by Crippen LogP contribution is -2.39. The molecule has 0 aliphatic rings. The molecule has 0 fully saturated rings. The van der Waals surface area contributed by atoms with Crippen LogP contribution in [0, 0.1) is 5.41 Å². The van der Waals surface area contributed by atoms with Gasteiger partial charge in [-0.2, -0.15) is 0 Å². The lowest BCUT2D eigenvalue weighted by atomic mass is 9.88. The first-order valence-corrected chi connectivity index (χ1v) is 6.40. The number of hydrogen-bond donors (Lipinski definition) is 3. The van der Waals surface area contributed by atoms with E-state index in [2.05, 4.69) is 30.7 Å². The predicted molar refractivity (Wildman–Crippen MR) is 73.6 cm³/mol. The lowest BCUT2D eigenvalue weighted by Gasteiger charge is -2.32. The van der Waals surface area contributed by atoms with Gasteiger partial charge in [-0.3, -0.25) is 0 Å². The first-order valence-electron chi connectivity index (χ1n) is 5.52. The number of aromatic nitrogens is 2. The monoisotopic (exact) mass is 255 g/mol. The van der Waals surface area contributed by atoms with Gasteiger partial charge in [-0.15, -0.1) is 0 Å². The number of hydrogen-bond acceptors (Lipinski definition) is 6. The Morgan fingerprint density at radius 1 is 1.18 bits per heavy atom. The second-order valence-electron chi connectivity index (χ2n) is 5.26. The highest BCUT2D eigenvalue weighted by molar-refractivity contribution is 7.99. The maximum absolute atomic E-state index is 6.01. The van der Waals surface area contributed by atoms with Crippen molar-refractivity contribution in [2.45, 2.75) is 44.1 Å². The molecule has 0 bridgehead atoms. The fraction of sp³-hybridized carbons (Fsp3) is 0.636. The van der Waals surface area contributed by atoms with E-state index >= 15 is 0 Å². The number of nitrogen functional groups attached to an aromatic ring is 2. The van der Waals surface area contributed by atoms with Gasteiger partial charge < -0.3 is 17.2 Å². The molecular formula is C11H21N5S. The Kier molecular flexibility index (Phi) is 4.21. The van der Waals surface area contributed by atoms with Crippen LogP contribution in [0.15, 0.2) is 11.2 Å². The molecule has 0 amide bonds. The van der Waals surface area contributed by atoms with Gasteiger partial charge in [-0.05, 0) is 12.3 Å². The Labute approximate surface area is 107 Å². The summed E-state index contributed by atoms with van der Waals surface area (Å²) in [6, 6.07) is 1.58. The largest absolute Gasteiger partial charge is 0.383 e. The normalized spacial score (nSPS) is 15.6. The Hall–Kier alpha value is -1.01. The summed E-state index contributed by atoms with van der Waals surface area (Å²) in [5.41, 5.74) is 17.4. The summed E-state index contributed by atoms with van der Waals surface area (Å²) >= 11 is 1.52. The number of anilines is 2. The first kappa shape index (κ1) is 14.1. The van der Waals surface area contributed by atoms with Crippen molar-refractivity contribution in [3.05, 3.63) is 6.07 Å². The predicted octanol–water partition coefficient (Wildman–Crippen LogP) is 1.49. The molecule has 6 heteroatoms. The van der Waals surface area contributed by atoms with Crippen LogP contribution in [0.2, 0.25) is 0 Å². The van der Waals surface area contributed by atoms with Gasteiger partial charge in [0.15, 0.2) is 5.16 Å². The zero-order valence-corrected chi connectivity index (χ0v) is 11.6. The summed E-state index contributed by atoms with van der Waals surface area (Å²) < 4.78 is 0. The van der Waals surface area contributed by atoms with Gasteiger partial charge in [0, 0.05) is 17.4 Å². The topological polar surface area (TPSA) is 104 Å². The second-order valence-corrected chi connectivity index (χ2v) is 6.37. The molecule has 17 heavy (non-hydrogen) atoms. The van der Waals surface area contributed by atoms with Crippen LogP contribution in [0.5, 0.6) is 0 Å². The molecule has 96 valence electrons. The minimum Gasteiger partial charge on any atom is -0.383 e. The van der Waals surface area contributed by atoms with Crippen LogP contribution in [0.3, 0.4) is 0 Å².